The Labute approximate surface area is 84.4 Å². The Morgan fingerprint density at radius 2 is 2.07 bits per heavy atom. The van der Waals surface area contributed by atoms with Gasteiger partial charge in [-0.1, -0.05) is 19.3 Å². The number of rotatable bonds is 0. The summed E-state index contributed by atoms with van der Waals surface area (Å²) in [5.41, 5.74) is 0.119. The van der Waals surface area contributed by atoms with Crippen molar-refractivity contribution in [3.05, 3.63) is 0 Å². The summed E-state index contributed by atoms with van der Waals surface area (Å²) in [6.45, 7) is 1.48. The van der Waals surface area contributed by atoms with Crippen molar-refractivity contribution < 1.29 is 9.63 Å². The second kappa shape index (κ2) is 3.04. The van der Waals surface area contributed by atoms with Crippen LogP contribution in [-0.2, 0) is 9.63 Å². The molecule has 2 heterocycles. The van der Waals surface area contributed by atoms with E-state index < -0.39 is 0 Å². The van der Waals surface area contributed by atoms with E-state index in [-0.39, 0.29) is 11.5 Å². The maximum Gasteiger partial charge on any atom is 0.141 e. The second-order valence-electron chi connectivity index (χ2n) is 4.83. The van der Waals surface area contributed by atoms with E-state index >= 15 is 0 Å². The first-order chi connectivity index (χ1) is 6.83. The molecule has 1 spiro atoms. The summed E-state index contributed by atoms with van der Waals surface area (Å²) in [6, 6.07) is 0. The van der Waals surface area contributed by atoms with Gasteiger partial charge >= 0.3 is 0 Å². The molecule has 3 heteroatoms. The van der Waals surface area contributed by atoms with E-state index in [1.54, 1.807) is 0 Å². The van der Waals surface area contributed by atoms with Gasteiger partial charge in [0, 0.05) is 13.0 Å². The van der Waals surface area contributed by atoms with E-state index in [0.29, 0.717) is 18.8 Å². The van der Waals surface area contributed by atoms with Crippen molar-refractivity contribution in [3.8, 4) is 0 Å². The van der Waals surface area contributed by atoms with Crippen molar-refractivity contribution in [2.45, 2.75) is 44.1 Å². The number of piperidine rings is 1. The normalized spacial score (nSPS) is 40.4. The second-order valence-corrected chi connectivity index (χ2v) is 4.83. The zero-order valence-corrected chi connectivity index (χ0v) is 8.50. The lowest BCUT2D eigenvalue weighted by atomic mass is 9.69. The third-order valence-corrected chi connectivity index (χ3v) is 4.21. The molecular weight excluding hydrogens is 178 g/mol. The molecule has 2 bridgehead atoms. The van der Waals surface area contributed by atoms with E-state index in [1.807, 2.05) is 0 Å². The summed E-state index contributed by atoms with van der Waals surface area (Å²) < 4.78 is 0. The standard InChI is InChI=1S/C11H17NO2/c13-10-4-7-12-11(9(10)8-14-12)5-2-1-3-6-11/h9H,1-8H2/t9-/m0/s1. The highest BCUT2D eigenvalue weighted by Crippen LogP contribution is 2.47. The molecular formula is C11H17NO2. The van der Waals surface area contributed by atoms with Gasteiger partial charge in [0.05, 0.1) is 18.1 Å². The van der Waals surface area contributed by atoms with E-state index in [4.69, 9.17) is 4.84 Å². The zero-order chi connectivity index (χ0) is 9.60. The van der Waals surface area contributed by atoms with Crippen molar-refractivity contribution in [2.24, 2.45) is 5.92 Å². The average Bonchev–Trinajstić information content (AvgIpc) is 2.42. The Morgan fingerprint density at radius 1 is 1.29 bits per heavy atom. The lowest BCUT2D eigenvalue weighted by Gasteiger charge is -2.45. The molecule has 0 amide bonds. The van der Waals surface area contributed by atoms with Crippen LogP contribution in [0.4, 0.5) is 0 Å². The fraction of sp³-hybridized carbons (Fsp3) is 0.909. The summed E-state index contributed by atoms with van der Waals surface area (Å²) in [7, 11) is 0. The molecule has 78 valence electrons. The predicted octanol–water partition coefficient (Wildman–Crippen LogP) is 1.53. The number of nitrogens with zero attached hydrogens (tertiary/aromatic N) is 1. The third kappa shape index (κ3) is 1.03. The maximum absolute atomic E-state index is 11.8. The van der Waals surface area contributed by atoms with Crippen LogP contribution in [-0.4, -0.2) is 29.5 Å². The highest BCUT2D eigenvalue weighted by atomic mass is 16.7. The zero-order valence-electron chi connectivity index (χ0n) is 8.50. The van der Waals surface area contributed by atoms with Gasteiger partial charge in [-0.3, -0.25) is 9.63 Å². The summed E-state index contributed by atoms with van der Waals surface area (Å²) in [5.74, 6) is 0.636. The van der Waals surface area contributed by atoms with E-state index in [2.05, 4.69) is 5.06 Å². The molecule has 0 aromatic rings. The molecule has 1 aliphatic carbocycles. The van der Waals surface area contributed by atoms with Gasteiger partial charge in [0.1, 0.15) is 5.78 Å². The van der Waals surface area contributed by atoms with Gasteiger partial charge < -0.3 is 0 Å². The number of Topliss-reactive ketones (excluding diaryl/α,β-unsaturated/α-hetero) is 1. The Balaban J connectivity index is 1.93. The fourth-order valence-electron chi connectivity index (χ4n) is 3.45. The SMILES string of the molecule is O=C1CCN2OC[C@@H]1C21CCCCC1. The highest BCUT2D eigenvalue weighted by molar-refractivity contribution is 5.84. The molecule has 2 saturated heterocycles. The quantitative estimate of drug-likeness (QED) is 0.587. The van der Waals surface area contributed by atoms with Gasteiger partial charge in [0.25, 0.3) is 0 Å². The number of hydrogen-bond acceptors (Lipinski definition) is 3. The Bertz CT molecular complexity index is 258. The topological polar surface area (TPSA) is 29.5 Å². The van der Waals surface area contributed by atoms with Crippen LogP contribution >= 0.6 is 0 Å². The number of hydroxylamine groups is 2. The summed E-state index contributed by atoms with van der Waals surface area (Å²) >= 11 is 0. The van der Waals surface area contributed by atoms with Gasteiger partial charge in [0.15, 0.2) is 0 Å². The van der Waals surface area contributed by atoms with Crippen LogP contribution in [0.5, 0.6) is 0 Å². The lowest BCUT2D eigenvalue weighted by Crippen LogP contribution is -2.55. The number of carbonyl (C=O) groups is 1. The largest absolute Gasteiger partial charge is 0.299 e. The minimum Gasteiger partial charge on any atom is -0.299 e. The van der Waals surface area contributed by atoms with Gasteiger partial charge in [-0.2, -0.15) is 5.06 Å². The molecule has 0 radical (unpaired) electrons. The van der Waals surface area contributed by atoms with Crippen LogP contribution in [0.1, 0.15) is 38.5 Å². The molecule has 1 unspecified atom stereocenters. The van der Waals surface area contributed by atoms with Gasteiger partial charge in [-0.25, -0.2) is 0 Å². The summed E-state index contributed by atoms with van der Waals surface area (Å²) in [6.07, 6.45) is 6.91. The van der Waals surface area contributed by atoms with Crippen molar-refractivity contribution in [1.82, 2.24) is 5.06 Å². The van der Waals surface area contributed by atoms with Crippen LogP contribution in [0.2, 0.25) is 0 Å². The molecule has 2 atom stereocenters. The molecule has 3 aliphatic rings. The third-order valence-electron chi connectivity index (χ3n) is 4.21. The fourth-order valence-corrected chi connectivity index (χ4v) is 3.45. The average molecular weight is 195 g/mol. The van der Waals surface area contributed by atoms with Crippen molar-refractivity contribution in [3.63, 3.8) is 0 Å². The molecule has 3 rings (SSSR count). The molecule has 14 heavy (non-hydrogen) atoms. The smallest absolute Gasteiger partial charge is 0.141 e. The number of carbonyl (C=O) groups excluding carboxylic acids is 1. The van der Waals surface area contributed by atoms with Crippen LogP contribution in [0.15, 0.2) is 0 Å². The molecule has 2 aliphatic heterocycles. The molecule has 1 saturated carbocycles. The maximum atomic E-state index is 11.8. The molecule has 0 aromatic heterocycles. The Kier molecular flexibility index (Phi) is 1.92. The number of ketones is 1. The van der Waals surface area contributed by atoms with E-state index in [1.165, 1.54) is 32.1 Å². The monoisotopic (exact) mass is 195 g/mol. The van der Waals surface area contributed by atoms with Crippen molar-refractivity contribution >= 4 is 5.78 Å². The first-order valence-corrected chi connectivity index (χ1v) is 5.76. The first kappa shape index (κ1) is 8.86. The van der Waals surface area contributed by atoms with E-state index in [9.17, 15) is 4.79 Å². The van der Waals surface area contributed by atoms with Crippen LogP contribution < -0.4 is 0 Å². The van der Waals surface area contributed by atoms with Crippen LogP contribution in [0.25, 0.3) is 0 Å². The van der Waals surface area contributed by atoms with Gasteiger partial charge in [0.2, 0.25) is 0 Å². The Hall–Kier alpha value is -0.410. The minimum absolute atomic E-state index is 0.119. The molecule has 3 nitrogen and oxygen atoms in total. The molecule has 3 fully saturated rings. The van der Waals surface area contributed by atoms with Gasteiger partial charge in [-0.05, 0) is 12.8 Å². The summed E-state index contributed by atoms with van der Waals surface area (Å²) in [4.78, 5) is 17.5. The number of hydrogen-bond donors (Lipinski definition) is 0. The molecule has 0 N–H and O–H groups in total. The predicted molar refractivity (Wildman–Crippen MR) is 51.6 cm³/mol. The van der Waals surface area contributed by atoms with Crippen molar-refractivity contribution in [2.75, 3.05) is 13.2 Å². The minimum atomic E-state index is 0.119. The van der Waals surface area contributed by atoms with Crippen molar-refractivity contribution in [1.29, 1.82) is 0 Å². The van der Waals surface area contributed by atoms with Crippen LogP contribution in [0, 0.1) is 5.92 Å². The lowest BCUT2D eigenvalue weighted by molar-refractivity contribution is -0.181. The van der Waals surface area contributed by atoms with E-state index in [0.717, 1.165) is 6.54 Å². The highest BCUT2D eigenvalue weighted by Gasteiger charge is 2.55. The summed E-state index contributed by atoms with van der Waals surface area (Å²) in [5, 5.41) is 2.14. The van der Waals surface area contributed by atoms with Crippen LogP contribution in [0.3, 0.4) is 0 Å². The molecule has 0 aromatic carbocycles. The first-order valence-electron chi connectivity index (χ1n) is 5.76. The Morgan fingerprint density at radius 3 is 2.86 bits per heavy atom. The van der Waals surface area contributed by atoms with Gasteiger partial charge in [-0.15, -0.1) is 0 Å².